The van der Waals surface area contributed by atoms with E-state index in [4.69, 9.17) is 0 Å². The van der Waals surface area contributed by atoms with E-state index in [1.807, 2.05) is 0 Å². The molecule has 126 valence electrons. The number of nitrogens with one attached hydrogen (secondary N) is 1. The molecule has 0 atom stereocenters. The van der Waals surface area contributed by atoms with Gasteiger partial charge in [0.25, 0.3) is 0 Å². The predicted octanol–water partition coefficient (Wildman–Crippen LogP) is 2.50. The number of amides is 1. The van der Waals surface area contributed by atoms with E-state index in [1.165, 1.54) is 18.5 Å². The molecule has 1 heterocycles. The number of hydrogen-bond acceptors (Lipinski definition) is 3. The highest BCUT2D eigenvalue weighted by Gasteiger charge is 2.22. The summed E-state index contributed by atoms with van der Waals surface area (Å²) in [6, 6.07) is 10.9. The third-order valence-corrected chi connectivity index (χ3v) is 5.24. The molecule has 1 amide bonds. The second-order valence-electron chi connectivity index (χ2n) is 7.12. The molecule has 1 saturated heterocycles. The van der Waals surface area contributed by atoms with Crippen LogP contribution in [0.1, 0.15) is 32.6 Å². The van der Waals surface area contributed by atoms with Gasteiger partial charge in [0.05, 0.1) is 6.54 Å². The van der Waals surface area contributed by atoms with Crippen LogP contribution in [0.2, 0.25) is 0 Å². The molecule has 0 aromatic heterocycles. The Morgan fingerprint density at radius 1 is 1.04 bits per heavy atom. The summed E-state index contributed by atoms with van der Waals surface area (Å²) in [5, 5.41) is 3.24. The Kier molecular flexibility index (Phi) is 5.55. The highest BCUT2D eigenvalue weighted by Crippen LogP contribution is 2.23. The summed E-state index contributed by atoms with van der Waals surface area (Å²) < 4.78 is 0. The number of carbonyl (C=O) groups is 1. The summed E-state index contributed by atoms with van der Waals surface area (Å²) in [6.45, 7) is 6.78. The Labute approximate surface area is 139 Å². The maximum absolute atomic E-state index is 12.2. The highest BCUT2D eigenvalue weighted by atomic mass is 16.2. The molecule has 0 spiro atoms. The van der Waals surface area contributed by atoms with Crippen LogP contribution in [0.4, 0.5) is 5.69 Å². The van der Waals surface area contributed by atoms with E-state index >= 15 is 0 Å². The Bertz CT molecular complexity index is 489. The molecule has 2 fully saturated rings. The maximum atomic E-state index is 12.2. The normalized spacial score (nSPS) is 26.0. The number of piperazine rings is 1. The Morgan fingerprint density at radius 3 is 2.35 bits per heavy atom. The summed E-state index contributed by atoms with van der Waals surface area (Å²) in [5.74, 6) is 1.03. The van der Waals surface area contributed by atoms with Gasteiger partial charge in [0, 0.05) is 37.9 Å². The molecule has 4 nitrogen and oxygen atoms in total. The van der Waals surface area contributed by atoms with Crippen molar-refractivity contribution in [2.75, 3.05) is 37.6 Å². The van der Waals surface area contributed by atoms with Crippen LogP contribution in [0.5, 0.6) is 0 Å². The number of nitrogens with zero attached hydrogens (tertiary/aromatic N) is 2. The van der Waals surface area contributed by atoms with Gasteiger partial charge in [0.15, 0.2) is 0 Å². The number of rotatable bonds is 4. The molecule has 0 radical (unpaired) electrons. The first kappa shape index (κ1) is 16.3. The van der Waals surface area contributed by atoms with Crippen LogP contribution in [0, 0.1) is 5.92 Å². The number of para-hydroxylation sites is 1. The van der Waals surface area contributed by atoms with Crippen LogP contribution >= 0.6 is 0 Å². The van der Waals surface area contributed by atoms with Crippen molar-refractivity contribution in [3.63, 3.8) is 0 Å². The monoisotopic (exact) mass is 315 g/mol. The fourth-order valence-electron chi connectivity index (χ4n) is 3.68. The fourth-order valence-corrected chi connectivity index (χ4v) is 3.68. The molecule has 1 aromatic rings. The Balaban J connectivity index is 1.39. The Hall–Kier alpha value is -1.55. The van der Waals surface area contributed by atoms with Crippen LogP contribution in [-0.4, -0.2) is 49.6 Å². The van der Waals surface area contributed by atoms with Gasteiger partial charge in [0.2, 0.25) is 5.91 Å². The lowest BCUT2D eigenvalue weighted by molar-refractivity contribution is -0.123. The molecule has 4 heteroatoms. The second-order valence-corrected chi connectivity index (χ2v) is 7.12. The summed E-state index contributed by atoms with van der Waals surface area (Å²) in [7, 11) is 0. The summed E-state index contributed by atoms with van der Waals surface area (Å²) in [5.41, 5.74) is 1.29. The Morgan fingerprint density at radius 2 is 1.70 bits per heavy atom. The van der Waals surface area contributed by atoms with Crippen LogP contribution in [-0.2, 0) is 4.79 Å². The minimum Gasteiger partial charge on any atom is -0.369 e. The van der Waals surface area contributed by atoms with Crippen LogP contribution in [0.25, 0.3) is 0 Å². The molecular formula is C19H29N3O. The quantitative estimate of drug-likeness (QED) is 0.927. The van der Waals surface area contributed by atoms with Crippen molar-refractivity contribution in [3.8, 4) is 0 Å². The topological polar surface area (TPSA) is 35.6 Å². The van der Waals surface area contributed by atoms with E-state index < -0.39 is 0 Å². The number of hydrogen-bond donors (Lipinski definition) is 1. The largest absolute Gasteiger partial charge is 0.369 e. The van der Waals surface area contributed by atoms with E-state index in [0.717, 1.165) is 44.9 Å². The van der Waals surface area contributed by atoms with Crippen molar-refractivity contribution in [3.05, 3.63) is 30.3 Å². The van der Waals surface area contributed by atoms with Crippen LogP contribution in [0.3, 0.4) is 0 Å². The minimum atomic E-state index is 0.206. The minimum absolute atomic E-state index is 0.206. The zero-order valence-electron chi connectivity index (χ0n) is 14.2. The van der Waals surface area contributed by atoms with E-state index in [-0.39, 0.29) is 5.91 Å². The summed E-state index contributed by atoms with van der Waals surface area (Å²) in [6.07, 6.45) is 4.80. The van der Waals surface area contributed by atoms with Gasteiger partial charge in [-0.05, 0) is 43.7 Å². The van der Waals surface area contributed by atoms with Crippen LogP contribution in [0.15, 0.2) is 30.3 Å². The molecule has 23 heavy (non-hydrogen) atoms. The molecule has 3 rings (SSSR count). The summed E-state index contributed by atoms with van der Waals surface area (Å²) in [4.78, 5) is 16.9. The molecule has 0 unspecified atom stereocenters. The smallest absolute Gasteiger partial charge is 0.234 e. The maximum Gasteiger partial charge on any atom is 0.234 e. The molecule has 1 aromatic carbocycles. The van der Waals surface area contributed by atoms with Gasteiger partial charge in [-0.25, -0.2) is 0 Å². The van der Waals surface area contributed by atoms with Crippen molar-refractivity contribution in [1.29, 1.82) is 0 Å². The lowest BCUT2D eigenvalue weighted by atomic mass is 9.87. The van der Waals surface area contributed by atoms with Crippen molar-refractivity contribution in [1.82, 2.24) is 10.2 Å². The molecule has 1 saturated carbocycles. The standard InChI is InChI=1S/C19H29N3O/c1-16-7-9-17(10-8-16)20-19(23)15-21-11-13-22(14-12-21)18-5-3-2-4-6-18/h2-6,16-17H,7-15H2,1H3,(H,20,23). The SMILES string of the molecule is CC1CCC(NC(=O)CN2CCN(c3ccccc3)CC2)CC1. The lowest BCUT2D eigenvalue weighted by Crippen LogP contribution is -2.50. The van der Waals surface area contributed by atoms with Crippen molar-refractivity contribution in [2.45, 2.75) is 38.6 Å². The van der Waals surface area contributed by atoms with Crippen LogP contribution < -0.4 is 10.2 Å². The number of benzene rings is 1. The van der Waals surface area contributed by atoms with Crippen molar-refractivity contribution >= 4 is 11.6 Å². The first-order valence-corrected chi connectivity index (χ1v) is 9.02. The molecule has 1 N–H and O–H groups in total. The van der Waals surface area contributed by atoms with Gasteiger partial charge in [0.1, 0.15) is 0 Å². The fraction of sp³-hybridized carbons (Fsp3) is 0.632. The van der Waals surface area contributed by atoms with E-state index in [2.05, 4.69) is 52.4 Å². The van der Waals surface area contributed by atoms with E-state index in [0.29, 0.717) is 12.6 Å². The van der Waals surface area contributed by atoms with E-state index in [9.17, 15) is 4.79 Å². The number of carbonyl (C=O) groups excluding carboxylic acids is 1. The zero-order chi connectivity index (χ0) is 16.1. The third kappa shape index (κ3) is 4.71. The zero-order valence-corrected chi connectivity index (χ0v) is 14.2. The number of anilines is 1. The molecule has 2 aliphatic rings. The van der Waals surface area contributed by atoms with Gasteiger partial charge in [-0.15, -0.1) is 0 Å². The highest BCUT2D eigenvalue weighted by molar-refractivity contribution is 5.78. The molecule has 0 bridgehead atoms. The first-order valence-electron chi connectivity index (χ1n) is 9.02. The first-order chi connectivity index (χ1) is 11.2. The second kappa shape index (κ2) is 7.82. The van der Waals surface area contributed by atoms with Gasteiger partial charge in [-0.1, -0.05) is 25.1 Å². The van der Waals surface area contributed by atoms with Gasteiger partial charge >= 0.3 is 0 Å². The van der Waals surface area contributed by atoms with Crippen molar-refractivity contribution in [2.24, 2.45) is 5.92 Å². The van der Waals surface area contributed by atoms with Gasteiger partial charge in [-0.2, -0.15) is 0 Å². The molecule has 1 aliphatic carbocycles. The lowest BCUT2D eigenvalue weighted by Gasteiger charge is -2.36. The average molecular weight is 315 g/mol. The third-order valence-electron chi connectivity index (χ3n) is 5.24. The van der Waals surface area contributed by atoms with Crippen molar-refractivity contribution < 1.29 is 4.79 Å². The summed E-state index contributed by atoms with van der Waals surface area (Å²) >= 11 is 0. The average Bonchev–Trinajstić information content (AvgIpc) is 2.58. The molecular weight excluding hydrogens is 286 g/mol. The van der Waals surface area contributed by atoms with E-state index in [1.54, 1.807) is 0 Å². The van der Waals surface area contributed by atoms with Gasteiger partial charge in [-0.3, -0.25) is 9.69 Å². The van der Waals surface area contributed by atoms with Gasteiger partial charge < -0.3 is 10.2 Å². The molecule has 1 aliphatic heterocycles. The predicted molar refractivity (Wildman–Crippen MR) is 94.7 cm³/mol.